The molecule has 2 aliphatic heterocycles. The Hall–Kier alpha value is -1.67. The van der Waals surface area contributed by atoms with Gasteiger partial charge in [-0.3, -0.25) is 9.69 Å². The summed E-state index contributed by atoms with van der Waals surface area (Å²) in [5, 5.41) is 15.7. The van der Waals surface area contributed by atoms with E-state index in [0.717, 1.165) is 24.4 Å². The topological polar surface area (TPSA) is 83.1 Å². The molecule has 2 heterocycles. The van der Waals surface area contributed by atoms with Crippen molar-refractivity contribution in [2.75, 3.05) is 46.5 Å². The van der Waals surface area contributed by atoms with Gasteiger partial charge < -0.3 is 25.2 Å². The van der Waals surface area contributed by atoms with Crippen LogP contribution in [-0.4, -0.2) is 74.6 Å². The number of hydrogen-bond donors (Lipinski definition) is 3. The van der Waals surface area contributed by atoms with E-state index >= 15 is 0 Å². The highest BCUT2D eigenvalue weighted by Gasteiger charge is 2.29. The molecule has 1 amide bonds. The monoisotopic (exact) mass is 349 g/mol. The summed E-state index contributed by atoms with van der Waals surface area (Å²) in [7, 11) is 1.65. The molecular formula is C18H27N3O4. The van der Waals surface area contributed by atoms with Gasteiger partial charge in [-0.2, -0.15) is 0 Å². The van der Waals surface area contributed by atoms with Crippen LogP contribution in [0.5, 0.6) is 5.75 Å². The number of morpholine rings is 1. The minimum absolute atomic E-state index is 0.0525. The van der Waals surface area contributed by atoms with Crippen molar-refractivity contribution >= 4 is 5.91 Å². The van der Waals surface area contributed by atoms with Crippen molar-refractivity contribution in [3.63, 3.8) is 0 Å². The first-order valence-corrected chi connectivity index (χ1v) is 8.82. The molecule has 2 saturated heterocycles. The molecule has 0 spiro atoms. The van der Waals surface area contributed by atoms with Crippen LogP contribution >= 0.6 is 0 Å². The molecule has 0 aliphatic carbocycles. The molecule has 1 aromatic rings. The predicted octanol–water partition coefficient (Wildman–Crippen LogP) is -0.0925. The summed E-state index contributed by atoms with van der Waals surface area (Å²) in [6.07, 6.45) is 0.0312. The summed E-state index contributed by atoms with van der Waals surface area (Å²) in [6.45, 7) is 4.09. The zero-order chi connectivity index (χ0) is 17.6. The Bertz CT molecular complexity index is 560. The predicted molar refractivity (Wildman–Crippen MR) is 93.6 cm³/mol. The summed E-state index contributed by atoms with van der Waals surface area (Å²) < 4.78 is 10.7. The molecule has 1 aromatic carbocycles. The summed E-state index contributed by atoms with van der Waals surface area (Å²) >= 11 is 0. The molecule has 7 nitrogen and oxygen atoms in total. The van der Waals surface area contributed by atoms with E-state index in [1.807, 2.05) is 24.3 Å². The van der Waals surface area contributed by atoms with Crippen LogP contribution in [0.1, 0.15) is 18.0 Å². The maximum absolute atomic E-state index is 12.4. The lowest BCUT2D eigenvalue weighted by molar-refractivity contribution is -0.123. The van der Waals surface area contributed by atoms with Crippen molar-refractivity contribution in [3.8, 4) is 5.75 Å². The van der Waals surface area contributed by atoms with E-state index in [-0.39, 0.29) is 18.0 Å². The molecular weight excluding hydrogens is 322 g/mol. The highest BCUT2D eigenvalue weighted by atomic mass is 16.5. The first-order valence-electron chi connectivity index (χ1n) is 8.82. The van der Waals surface area contributed by atoms with E-state index in [1.165, 1.54) is 0 Å². The third kappa shape index (κ3) is 4.70. The van der Waals surface area contributed by atoms with Crippen molar-refractivity contribution in [2.45, 2.75) is 24.6 Å². The minimum Gasteiger partial charge on any atom is -0.497 e. The van der Waals surface area contributed by atoms with Gasteiger partial charge in [0.05, 0.1) is 38.5 Å². The van der Waals surface area contributed by atoms with E-state index in [0.29, 0.717) is 32.7 Å². The molecule has 2 aliphatic rings. The van der Waals surface area contributed by atoms with Crippen LogP contribution in [0.3, 0.4) is 0 Å². The summed E-state index contributed by atoms with van der Waals surface area (Å²) in [5.74, 6) is 0.765. The summed E-state index contributed by atoms with van der Waals surface area (Å²) in [5.41, 5.74) is 1.14. The van der Waals surface area contributed by atoms with Gasteiger partial charge in [0.15, 0.2) is 0 Å². The van der Waals surface area contributed by atoms with Gasteiger partial charge in [0.25, 0.3) is 0 Å². The highest BCUT2D eigenvalue weighted by molar-refractivity contribution is 5.82. The Balaban J connectivity index is 1.66. The van der Waals surface area contributed by atoms with Crippen molar-refractivity contribution in [3.05, 3.63) is 29.8 Å². The number of nitrogens with one attached hydrogen (secondary N) is 2. The SMILES string of the molecule is COc1ccc(C(CNC(=O)C2CC(O)CN2)N2CCOCC2)cc1. The molecule has 3 unspecified atom stereocenters. The van der Waals surface area contributed by atoms with Crippen LogP contribution in [-0.2, 0) is 9.53 Å². The summed E-state index contributed by atoms with van der Waals surface area (Å²) in [4.78, 5) is 14.7. The number of carbonyl (C=O) groups is 1. The van der Waals surface area contributed by atoms with Crippen LogP contribution in [0.25, 0.3) is 0 Å². The molecule has 25 heavy (non-hydrogen) atoms. The van der Waals surface area contributed by atoms with E-state index in [4.69, 9.17) is 9.47 Å². The molecule has 0 bridgehead atoms. The van der Waals surface area contributed by atoms with E-state index in [9.17, 15) is 9.90 Å². The number of methoxy groups -OCH3 is 1. The number of hydrogen-bond acceptors (Lipinski definition) is 6. The van der Waals surface area contributed by atoms with Crippen molar-refractivity contribution in [1.29, 1.82) is 0 Å². The second-order valence-electron chi connectivity index (χ2n) is 6.53. The summed E-state index contributed by atoms with van der Waals surface area (Å²) in [6, 6.07) is 7.76. The van der Waals surface area contributed by atoms with Crippen molar-refractivity contribution in [2.24, 2.45) is 0 Å². The first kappa shape index (κ1) is 18.1. The van der Waals surface area contributed by atoms with Gasteiger partial charge in [0, 0.05) is 26.2 Å². The standard InChI is InChI=1S/C18H27N3O4/c1-24-15-4-2-13(3-5-15)17(21-6-8-25-9-7-21)12-20-18(23)16-10-14(22)11-19-16/h2-5,14,16-17,19,22H,6-12H2,1H3,(H,20,23). The molecule has 3 rings (SSSR count). The maximum Gasteiger partial charge on any atom is 0.237 e. The number of amides is 1. The van der Waals surface area contributed by atoms with Gasteiger partial charge >= 0.3 is 0 Å². The molecule has 3 atom stereocenters. The average Bonchev–Trinajstić information content (AvgIpc) is 3.10. The maximum atomic E-state index is 12.4. The Morgan fingerprint density at radius 3 is 2.72 bits per heavy atom. The van der Waals surface area contributed by atoms with Crippen LogP contribution in [0, 0.1) is 0 Å². The minimum atomic E-state index is -0.438. The average molecular weight is 349 g/mol. The molecule has 2 fully saturated rings. The molecule has 138 valence electrons. The number of rotatable bonds is 6. The number of nitrogens with zero attached hydrogens (tertiary/aromatic N) is 1. The largest absolute Gasteiger partial charge is 0.497 e. The Morgan fingerprint density at radius 1 is 1.40 bits per heavy atom. The molecule has 7 heteroatoms. The quantitative estimate of drug-likeness (QED) is 0.666. The lowest BCUT2D eigenvalue weighted by Gasteiger charge is -2.35. The Morgan fingerprint density at radius 2 is 2.12 bits per heavy atom. The first-order chi connectivity index (χ1) is 12.2. The Labute approximate surface area is 148 Å². The second-order valence-corrected chi connectivity index (χ2v) is 6.53. The van der Waals surface area contributed by atoms with Gasteiger partial charge in [0.1, 0.15) is 5.75 Å². The van der Waals surface area contributed by atoms with E-state index in [1.54, 1.807) is 7.11 Å². The smallest absolute Gasteiger partial charge is 0.237 e. The third-order valence-corrected chi connectivity index (χ3v) is 4.88. The fourth-order valence-electron chi connectivity index (χ4n) is 3.41. The van der Waals surface area contributed by atoms with Crippen LogP contribution < -0.4 is 15.4 Å². The lowest BCUT2D eigenvalue weighted by Crippen LogP contribution is -2.47. The molecule has 3 N–H and O–H groups in total. The van der Waals surface area contributed by atoms with Crippen LogP contribution in [0.4, 0.5) is 0 Å². The van der Waals surface area contributed by atoms with Gasteiger partial charge in [0.2, 0.25) is 5.91 Å². The fraction of sp³-hybridized carbons (Fsp3) is 0.611. The Kier molecular flexibility index (Phi) is 6.25. The zero-order valence-electron chi connectivity index (χ0n) is 14.6. The molecule has 0 aromatic heterocycles. The number of aliphatic hydroxyl groups excluding tert-OH is 1. The highest BCUT2D eigenvalue weighted by Crippen LogP contribution is 2.23. The van der Waals surface area contributed by atoms with E-state index in [2.05, 4.69) is 15.5 Å². The van der Waals surface area contributed by atoms with Crippen LogP contribution in [0.15, 0.2) is 24.3 Å². The lowest BCUT2D eigenvalue weighted by atomic mass is 10.0. The number of aliphatic hydroxyl groups is 1. The normalized spacial score (nSPS) is 25.5. The van der Waals surface area contributed by atoms with Gasteiger partial charge in [-0.25, -0.2) is 0 Å². The van der Waals surface area contributed by atoms with Crippen LogP contribution in [0.2, 0.25) is 0 Å². The number of ether oxygens (including phenoxy) is 2. The zero-order valence-corrected chi connectivity index (χ0v) is 14.6. The number of carbonyl (C=O) groups excluding carboxylic acids is 1. The van der Waals surface area contributed by atoms with Gasteiger partial charge in [-0.15, -0.1) is 0 Å². The van der Waals surface area contributed by atoms with E-state index < -0.39 is 6.10 Å². The molecule has 0 radical (unpaired) electrons. The van der Waals surface area contributed by atoms with Gasteiger partial charge in [-0.1, -0.05) is 12.1 Å². The third-order valence-electron chi connectivity index (χ3n) is 4.88. The number of β-amino-alcohol motifs (C(OH)–C–C–N with tert-alkyl or cyclic N) is 1. The van der Waals surface area contributed by atoms with Gasteiger partial charge in [-0.05, 0) is 24.1 Å². The van der Waals surface area contributed by atoms with Crippen molar-refractivity contribution < 1.29 is 19.4 Å². The second kappa shape index (κ2) is 8.62. The number of benzene rings is 1. The van der Waals surface area contributed by atoms with Crippen molar-refractivity contribution in [1.82, 2.24) is 15.5 Å². The fourth-order valence-corrected chi connectivity index (χ4v) is 3.41. The molecule has 0 saturated carbocycles.